The monoisotopic (exact) mass is 333 g/mol. The molecule has 0 aliphatic carbocycles. The van der Waals surface area contributed by atoms with Crippen LogP contribution < -0.4 is 0 Å². The molecule has 0 saturated carbocycles. The summed E-state index contributed by atoms with van der Waals surface area (Å²) in [7, 11) is 6.89. The normalized spacial score (nSPS) is 13.8. The van der Waals surface area contributed by atoms with Gasteiger partial charge in [-0.1, -0.05) is 51.9 Å². The Kier molecular flexibility index (Phi) is 13.5. The van der Waals surface area contributed by atoms with Crippen LogP contribution in [0, 0.1) is 0 Å². The molecular formula is C17H39NO3Si+. The zero-order valence-electron chi connectivity index (χ0n) is 15.8. The number of unbranched alkanes of at least 4 members (excludes halogenated alkanes) is 6. The van der Waals surface area contributed by atoms with Crippen LogP contribution in [0.15, 0.2) is 0 Å². The van der Waals surface area contributed by atoms with Crippen molar-refractivity contribution < 1.29 is 13.3 Å². The van der Waals surface area contributed by atoms with E-state index < -0.39 is 8.80 Å². The summed E-state index contributed by atoms with van der Waals surface area (Å²) in [5, 5.41) is 0. The molecule has 0 aliphatic rings. The summed E-state index contributed by atoms with van der Waals surface area (Å²) >= 11 is 0. The molecule has 4 nitrogen and oxygen atoms in total. The molecule has 0 spiro atoms. The largest absolute Gasteiger partial charge is 0.792 e. The summed E-state index contributed by atoms with van der Waals surface area (Å²) < 4.78 is 17.2. The Morgan fingerprint density at radius 1 is 0.909 bits per heavy atom. The van der Waals surface area contributed by atoms with Crippen molar-refractivity contribution in [3.8, 4) is 0 Å². The molecule has 0 aliphatic heterocycles. The van der Waals surface area contributed by atoms with Crippen molar-refractivity contribution in [2.75, 3.05) is 42.0 Å². The first-order valence-corrected chi connectivity index (χ1v) is 10.7. The minimum absolute atomic E-state index is 0.394. The van der Waals surface area contributed by atoms with Crippen molar-refractivity contribution in [1.82, 2.24) is 4.90 Å². The fraction of sp³-hybridized carbons (Fsp3) is 1.00. The van der Waals surface area contributed by atoms with Crippen LogP contribution in [0.5, 0.6) is 0 Å². The van der Waals surface area contributed by atoms with E-state index in [2.05, 4.69) is 25.9 Å². The predicted molar refractivity (Wildman–Crippen MR) is 96.3 cm³/mol. The molecule has 5 heteroatoms. The molecule has 0 heterocycles. The van der Waals surface area contributed by atoms with Gasteiger partial charge in [-0.25, -0.2) is 4.43 Å². The van der Waals surface area contributed by atoms with Crippen LogP contribution in [0.3, 0.4) is 0 Å². The Morgan fingerprint density at radius 2 is 1.45 bits per heavy atom. The zero-order chi connectivity index (χ0) is 16.8. The van der Waals surface area contributed by atoms with Gasteiger partial charge in [0.1, 0.15) is 0 Å². The van der Waals surface area contributed by atoms with E-state index in [-0.39, 0.29) is 0 Å². The third kappa shape index (κ3) is 8.63. The summed E-state index contributed by atoms with van der Waals surface area (Å²) in [6.07, 6.45) is 11.6. The van der Waals surface area contributed by atoms with E-state index in [1.807, 2.05) is 0 Å². The van der Waals surface area contributed by atoms with Crippen molar-refractivity contribution in [2.24, 2.45) is 0 Å². The Hall–Kier alpha value is 0.0569. The molecule has 1 radical (unpaired) electrons. The molecule has 0 aromatic heterocycles. The van der Waals surface area contributed by atoms with Crippen molar-refractivity contribution >= 4 is 8.80 Å². The molecule has 1 unspecified atom stereocenters. The van der Waals surface area contributed by atoms with Crippen LogP contribution in [-0.2, 0) is 13.3 Å². The first-order valence-electron chi connectivity index (χ1n) is 8.86. The van der Waals surface area contributed by atoms with Gasteiger partial charge in [0.2, 0.25) is 0 Å². The van der Waals surface area contributed by atoms with E-state index >= 15 is 0 Å². The third-order valence-electron chi connectivity index (χ3n) is 4.43. The summed E-state index contributed by atoms with van der Waals surface area (Å²) in [5.41, 5.74) is 0.394. The van der Waals surface area contributed by atoms with Gasteiger partial charge in [0.25, 0.3) is 0 Å². The molecule has 0 fully saturated rings. The van der Waals surface area contributed by atoms with E-state index in [4.69, 9.17) is 13.3 Å². The summed E-state index contributed by atoms with van der Waals surface area (Å²) in [4.78, 5) is 2.22. The zero-order valence-corrected chi connectivity index (χ0v) is 16.8. The van der Waals surface area contributed by atoms with Gasteiger partial charge in [0, 0.05) is 14.2 Å². The number of hydrogen-bond donors (Lipinski definition) is 0. The number of rotatable bonds is 15. The van der Waals surface area contributed by atoms with E-state index in [1.165, 1.54) is 44.9 Å². The molecule has 0 bridgehead atoms. The lowest BCUT2D eigenvalue weighted by atomic mass is 10.1. The van der Waals surface area contributed by atoms with Gasteiger partial charge in [-0.3, -0.25) is 0 Å². The quantitative estimate of drug-likeness (QED) is 0.254. The molecule has 0 aromatic rings. The van der Waals surface area contributed by atoms with Gasteiger partial charge in [0.15, 0.2) is 7.11 Å². The van der Waals surface area contributed by atoms with Gasteiger partial charge in [-0.05, 0) is 33.5 Å². The maximum Gasteiger partial charge on any atom is 0.792 e. The molecule has 0 aromatic carbocycles. The van der Waals surface area contributed by atoms with Gasteiger partial charge in [0.05, 0.1) is 5.54 Å². The first kappa shape index (κ1) is 22.1. The average Bonchev–Trinajstić information content (AvgIpc) is 2.52. The van der Waals surface area contributed by atoms with E-state index in [0.717, 1.165) is 19.4 Å². The molecule has 0 amide bonds. The van der Waals surface area contributed by atoms with Crippen molar-refractivity contribution in [2.45, 2.75) is 70.3 Å². The fourth-order valence-corrected chi connectivity index (χ4v) is 5.55. The van der Waals surface area contributed by atoms with Crippen LogP contribution in [0.4, 0.5) is 0 Å². The smallest absolute Gasteiger partial charge is 0.331 e. The maximum atomic E-state index is 5.72. The minimum Gasteiger partial charge on any atom is -0.331 e. The number of nitrogens with zero attached hydrogens (tertiary/aromatic N) is 1. The molecule has 0 saturated heterocycles. The van der Waals surface area contributed by atoms with Crippen LogP contribution in [-0.4, -0.2) is 55.7 Å². The highest BCUT2D eigenvalue weighted by Gasteiger charge is 2.62. The average molecular weight is 334 g/mol. The van der Waals surface area contributed by atoms with Crippen molar-refractivity contribution in [3.05, 3.63) is 0 Å². The second-order valence-corrected chi connectivity index (χ2v) is 9.66. The standard InChI is InChI=1S/C17H39NO3Si/c1-7-8-9-10-11-12-13-14-17(15-16-18(2)3)22(19-4,20-5)21-6/h17H,7-16H2,1-6H3/q+1. The third-order valence-corrected chi connectivity index (χ3v) is 7.72. The molecule has 22 heavy (non-hydrogen) atoms. The first-order chi connectivity index (χ1) is 10.6. The van der Waals surface area contributed by atoms with Crippen molar-refractivity contribution in [3.63, 3.8) is 0 Å². The lowest BCUT2D eigenvalue weighted by Gasteiger charge is -2.23. The van der Waals surface area contributed by atoms with E-state index in [0.29, 0.717) is 5.54 Å². The Balaban J connectivity index is 4.29. The summed E-state index contributed by atoms with van der Waals surface area (Å²) in [5.74, 6) is 0. The van der Waals surface area contributed by atoms with Gasteiger partial charge >= 0.3 is 8.80 Å². The Labute approximate surface area is 139 Å². The van der Waals surface area contributed by atoms with Crippen LogP contribution >= 0.6 is 0 Å². The summed E-state index contributed by atoms with van der Waals surface area (Å²) in [6, 6.07) is 0. The number of hydrogen-bond acceptors (Lipinski definition) is 4. The molecule has 1 atom stereocenters. The highest BCUT2D eigenvalue weighted by Crippen LogP contribution is 2.33. The van der Waals surface area contributed by atoms with Crippen molar-refractivity contribution in [1.29, 1.82) is 0 Å². The van der Waals surface area contributed by atoms with E-state index in [9.17, 15) is 0 Å². The topological polar surface area (TPSA) is 33.0 Å². The van der Waals surface area contributed by atoms with Crippen LogP contribution in [0.1, 0.15) is 64.7 Å². The highest BCUT2D eigenvalue weighted by molar-refractivity contribution is 6.62. The maximum absolute atomic E-state index is 5.72. The Bertz CT molecular complexity index is 240. The molecule has 0 N–H and O–H groups in total. The second-order valence-electron chi connectivity index (χ2n) is 6.41. The SMILES string of the molecule is CCCCCCCCCC(CCN(C)C)[Si](OC)(OC)[O+]C. The fourth-order valence-electron chi connectivity index (χ4n) is 3.01. The lowest BCUT2D eigenvalue weighted by Crippen LogP contribution is -2.48. The molecule has 0 rings (SSSR count). The van der Waals surface area contributed by atoms with Gasteiger partial charge in [-0.15, -0.1) is 0 Å². The second kappa shape index (κ2) is 13.5. The van der Waals surface area contributed by atoms with Gasteiger partial charge < -0.3 is 13.8 Å². The van der Waals surface area contributed by atoms with Crippen LogP contribution in [0.25, 0.3) is 0 Å². The Morgan fingerprint density at radius 3 is 1.91 bits per heavy atom. The highest BCUT2D eigenvalue weighted by atomic mass is 28.4. The van der Waals surface area contributed by atoms with E-state index in [1.54, 1.807) is 21.3 Å². The van der Waals surface area contributed by atoms with Gasteiger partial charge in [-0.2, -0.15) is 0 Å². The lowest BCUT2D eigenvalue weighted by molar-refractivity contribution is 0.106. The predicted octanol–water partition coefficient (Wildman–Crippen LogP) is 4.33. The molecular weight excluding hydrogens is 294 g/mol. The molecule has 133 valence electrons. The van der Waals surface area contributed by atoms with Crippen LogP contribution in [0.2, 0.25) is 5.54 Å². The summed E-state index contributed by atoms with van der Waals surface area (Å²) in [6.45, 7) is 3.31. The minimum atomic E-state index is -2.52.